The summed E-state index contributed by atoms with van der Waals surface area (Å²) in [5, 5.41) is 12.1. The molecule has 1 rings (SSSR count). The highest BCUT2D eigenvalue weighted by Gasteiger charge is 2.19. The summed E-state index contributed by atoms with van der Waals surface area (Å²) in [6, 6.07) is 1.58. The Labute approximate surface area is 108 Å². The van der Waals surface area contributed by atoms with Gasteiger partial charge in [0.05, 0.1) is 18.3 Å². The Kier molecular flexibility index (Phi) is 4.78. The lowest BCUT2D eigenvalue weighted by atomic mass is 10.1. The van der Waals surface area contributed by atoms with E-state index in [-0.39, 0.29) is 30.5 Å². The number of nitrogens with zero attached hydrogens (tertiary/aromatic N) is 1. The molecular formula is C13H23N3O2. The SMILES string of the molecule is CC(C)C(CO)NC(=O)c1cc(N)cn1C(C)C. The summed E-state index contributed by atoms with van der Waals surface area (Å²) < 4.78 is 1.83. The monoisotopic (exact) mass is 253 g/mol. The highest BCUT2D eigenvalue weighted by Crippen LogP contribution is 2.16. The number of nitrogens with two attached hydrogens (primary N) is 1. The molecule has 0 radical (unpaired) electrons. The zero-order chi connectivity index (χ0) is 13.9. The van der Waals surface area contributed by atoms with Gasteiger partial charge in [0.1, 0.15) is 5.69 Å². The van der Waals surface area contributed by atoms with Gasteiger partial charge in [-0.25, -0.2) is 0 Å². The Hall–Kier alpha value is -1.49. The molecule has 0 bridgehead atoms. The van der Waals surface area contributed by atoms with Gasteiger partial charge in [-0.15, -0.1) is 0 Å². The third-order valence-corrected chi connectivity index (χ3v) is 2.98. The van der Waals surface area contributed by atoms with Gasteiger partial charge in [0.15, 0.2) is 0 Å². The van der Waals surface area contributed by atoms with Crippen molar-refractivity contribution in [3.05, 3.63) is 18.0 Å². The van der Waals surface area contributed by atoms with Crippen LogP contribution in [0, 0.1) is 5.92 Å². The summed E-state index contributed by atoms with van der Waals surface area (Å²) in [6.07, 6.45) is 1.75. The lowest BCUT2D eigenvalue weighted by Crippen LogP contribution is -2.41. The van der Waals surface area contributed by atoms with E-state index in [1.54, 1.807) is 12.3 Å². The van der Waals surface area contributed by atoms with Gasteiger partial charge in [-0.1, -0.05) is 13.8 Å². The smallest absolute Gasteiger partial charge is 0.268 e. The third-order valence-electron chi connectivity index (χ3n) is 2.98. The molecule has 1 aromatic heterocycles. The number of anilines is 1. The molecule has 102 valence electrons. The van der Waals surface area contributed by atoms with E-state index in [0.717, 1.165) is 0 Å². The Bertz CT molecular complexity index is 410. The number of rotatable bonds is 5. The van der Waals surface area contributed by atoms with E-state index >= 15 is 0 Å². The minimum absolute atomic E-state index is 0.0682. The van der Waals surface area contributed by atoms with Gasteiger partial charge in [-0.3, -0.25) is 4.79 Å². The number of nitrogen functional groups attached to an aromatic ring is 1. The molecule has 1 unspecified atom stereocenters. The van der Waals surface area contributed by atoms with Crippen LogP contribution in [-0.4, -0.2) is 28.2 Å². The van der Waals surface area contributed by atoms with Crippen molar-refractivity contribution in [3.8, 4) is 0 Å². The number of amides is 1. The van der Waals surface area contributed by atoms with Crippen LogP contribution in [-0.2, 0) is 0 Å². The van der Waals surface area contributed by atoms with Crippen molar-refractivity contribution in [1.82, 2.24) is 9.88 Å². The first kappa shape index (κ1) is 14.6. The number of aromatic nitrogens is 1. The lowest BCUT2D eigenvalue weighted by Gasteiger charge is -2.21. The molecule has 18 heavy (non-hydrogen) atoms. The first-order valence-electron chi connectivity index (χ1n) is 6.25. The summed E-state index contributed by atoms with van der Waals surface area (Å²) in [5.74, 6) is -0.0214. The van der Waals surface area contributed by atoms with Gasteiger partial charge in [0, 0.05) is 12.2 Å². The van der Waals surface area contributed by atoms with E-state index in [1.807, 2.05) is 32.3 Å². The lowest BCUT2D eigenvalue weighted by molar-refractivity contribution is 0.0886. The molecule has 5 heteroatoms. The third kappa shape index (κ3) is 3.26. The first-order chi connectivity index (χ1) is 8.36. The molecule has 0 fully saturated rings. The van der Waals surface area contributed by atoms with Gasteiger partial charge >= 0.3 is 0 Å². The van der Waals surface area contributed by atoms with Gasteiger partial charge in [-0.2, -0.15) is 0 Å². The fourth-order valence-electron chi connectivity index (χ4n) is 1.78. The second kappa shape index (κ2) is 5.91. The zero-order valence-electron chi connectivity index (χ0n) is 11.5. The van der Waals surface area contributed by atoms with Crippen LogP contribution in [0.4, 0.5) is 5.69 Å². The van der Waals surface area contributed by atoms with E-state index in [4.69, 9.17) is 5.73 Å². The summed E-state index contributed by atoms with van der Waals surface area (Å²) in [4.78, 5) is 12.2. The Morgan fingerprint density at radius 3 is 2.50 bits per heavy atom. The summed E-state index contributed by atoms with van der Waals surface area (Å²) >= 11 is 0. The van der Waals surface area contributed by atoms with Crippen molar-refractivity contribution in [2.24, 2.45) is 5.92 Å². The maximum absolute atomic E-state index is 12.2. The molecule has 0 aliphatic rings. The van der Waals surface area contributed by atoms with E-state index in [9.17, 15) is 9.90 Å². The average Bonchev–Trinajstić information content (AvgIpc) is 2.67. The van der Waals surface area contributed by atoms with Gasteiger partial charge in [-0.05, 0) is 25.8 Å². The van der Waals surface area contributed by atoms with Crippen molar-refractivity contribution in [1.29, 1.82) is 0 Å². The Morgan fingerprint density at radius 2 is 2.06 bits per heavy atom. The van der Waals surface area contributed by atoms with Gasteiger partial charge < -0.3 is 20.7 Å². The fourth-order valence-corrected chi connectivity index (χ4v) is 1.78. The molecule has 0 aromatic carbocycles. The van der Waals surface area contributed by atoms with Crippen LogP contribution in [0.5, 0.6) is 0 Å². The molecule has 0 aliphatic carbocycles. The Balaban J connectivity index is 2.90. The summed E-state index contributed by atoms with van der Waals surface area (Å²) in [5.41, 5.74) is 6.83. The van der Waals surface area contributed by atoms with Crippen LogP contribution in [0.1, 0.15) is 44.2 Å². The molecule has 0 aliphatic heterocycles. The first-order valence-corrected chi connectivity index (χ1v) is 6.25. The number of nitrogens with one attached hydrogen (secondary N) is 1. The second-order valence-corrected chi connectivity index (χ2v) is 5.17. The molecule has 0 spiro atoms. The van der Waals surface area contributed by atoms with Crippen molar-refractivity contribution >= 4 is 11.6 Å². The standard InChI is InChI=1S/C13H23N3O2/c1-8(2)11(7-17)15-13(18)12-5-10(14)6-16(12)9(3)4/h5-6,8-9,11,17H,7,14H2,1-4H3,(H,15,18). The van der Waals surface area contributed by atoms with E-state index < -0.39 is 0 Å². The molecule has 1 atom stereocenters. The van der Waals surface area contributed by atoms with Crippen LogP contribution >= 0.6 is 0 Å². The average molecular weight is 253 g/mol. The normalized spacial score (nSPS) is 13.1. The Morgan fingerprint density at radius 1 is 1.44 bits per heavy atom. The predicted molar refractivity (Wildman–Crippen MR) is 72.4 cm³/mol. The largest absolute Gasteiger partial charge is 0.397 e. The quantitative estimate of drug-likeness (QED) is 0.742. The maximum Gasteiger partial charge on any atom is 0.268 e. The molecule has 0 saturated carbocycles. The van der Waals surface area contributed by atoms with Crippen LogP contribution in [0.3, 0.4) is 0 Å². The fraction of sp³-hybridized carbons (Fsp3) is 0.615. The van der Waals surface area contributed by atoms with E-state index in [1.165, 1.54) is 0 Å². The molecule has 4 N–H and O–H groups in total. The number of hydrogen-bond donors (Lipinski definition) is 3. The minimum Gasteiger partial charge on any atom is -0.397 e. The topological polar surface area (TPSA) is 80.3 Å². The number of hydrogen-bond acceptors (Lipinski definition) is 3. The molecule has 1 heterocycles. The molecule has 5 nitrogen and oxygen atoms in total. The second-order valence-electron chi connectivity index (χ2n) is 5.17. The van der Waals surface area contributed by atoms with Crippen molar-refractivity contribution < 1.29 is 9.90 Å². The number of aliphatic hydroxyl groups is 1. The molecule has 1 amide bonds. The van der Waals surface area contributed by atoms with E-state index in [0.29, 0.717) is 11.4 Å². The highest BCUT2D eigenvalue weighted by atomic mass is 16.3. The van der Waals surface area contributed by atoms with Crippen molar-refractivity contribution in [2.75, 3.05) is 12.3 Å². The molecular weight excluding hydrogens is 230 g/mol. The molecule has 0 saturated heterocycles. The van der Waals surface area contributed by atoms with Crippen LogP contribution < -0.4 is 11.1 Å². The van der Waals surface area contributed by atoms with Crippen molar-refractivity contribution in [2.45, 2.75) is 39.8 Å². The number of carbonyl (C=O) groups excluding carboxylic acids is 1. The number of aliphatic hydroxyl groups excluding tert-OH is 1. The van der Waals surface area contributed by atoms with Gasteiger partial charge in [0.2, 0.25) is 0 Å². The van der Waals surface area contributed by atoms with Crippen LogP contribution in [0.2, 0.25) is 0 Å². The van der Waals surface area contributed by atoms with Gasteiger partial charge in [0.25, 0.3) is 5.91 Å². The minimum atomic E-state index is -0.241. The zero-order valence-corrected chi connectivity index (χ0v) is 11.5. The summed E-state index contributed by atoms with van der Waals surface area (Å²) in [7, 11) is 0. The predicted octanol–water partition coefficient (Wildman–Crippen LogP) is 1.40. The van der Waals surface area contributed by atoms with Crippen molar-refractivity contribution in [3.63, 3.8) is 0 Å². The molecule has 1 aromatic rings. The van der Waals surface area contributed by atoms with Crippen LogP contribution in [0.15, 0.2) is 12.3 Å². The highest BCUT2D eigenvalue weighted by molar-refractivity contribution is 5.94. The number of carbonyl (C=O) groups is 1. The van der Waals surface area contributed by atoms with Crippen LogP contribution in [0.25, 0.3) is 0 Å². The summed E-state index contributed by atoms with van der Waals surface area (Å²) in [6.45, 7) is 7.82. The maximum atomic E-state index is 12.2. The van der Waals surface area contributed by atoms with E-state index in [2.05, 4.69) is 5.32 Å².